The summed E-state index contributed by atoms with van der Waals surface area (Å²) in [5.74, 6) is 2.01. The van der Waals surface area contributed by atoms with Crippen molar-refractivity contribution in [3.63, 3.8) is 0 Å². The summed E-state index contributed by atoms with van der Waals surface area (Å²) in [7, 11) is 4.65. The number of methoxy groups -OCH3 is 3. The van der Waals surface area contributed by atoms with Crippen molar-refractivity contribution in [2.75, 3.05) is 21.3 Å². The van der Waals surface area contributed by atoms with Gasteiger partial charge >= 0.3 is 0 Å². The minimum Gasteiger partial charge on any atom is -0.508 e. The molecule has 1 aliphatic heterocycles. The fourth-order valence-electron chi connectivity index (χ4n) is 2.81. The molecule has 127 valence electrons. The maximum Gasteiger partial charge on any atom is 0.203 e. The Morgan fingerprint density at radius 2 is 1.62 bits per heavy atom. The van der Waals surface area contributed by atoms with Crippen molar-refractivity contribution in [1.29, 1.82) is 0 Å². The maximum absolute atomic E-state index is 9.91. The molecule has 0 saturated carbocycles. The quantitative estimate of drug-likeness (QED) is 0.897. The van der Waals surface area contributed by atoms with E-state index < -0.39 is 0 Å². The molecule has 0 amide bonds. The van der Waals surface area contributed by atoms with Gasteiger partial charge in [0, 0.05) is 29.7 Å². The summed E-state index contributed by atoms with van der Waals surface area (Å²) < 4.78 is 22.0. The highest BCUT2D eigenvalue weighted by atomic mass is 16.5. The molecule has 1 radical (unpaired) electrons. The van der Waals surface area contributed by atoms with Crippen LogP contribution < -0.4 is 18.9 Å². The van der Waals surface area contributed by atoms with Crippen molar-refractivity contribution >= 4 is 0 Å². The Kier molecular flexibility index (Phi) is 4.29. The van der Waals surface area contributed by atoms with Crippen LogP contribution in [-0.2, 0) is 6.42 Å². The number of phenolic OH excluding ortho intramolecular Hbond substituents is 2. The molecule has 0 aliphatic carbocycles. The van der Waals surface area contributed by atoms with Crippen LogP contribution in [0.2, 0.25) is 0 Å². The number of aromatic hydroxyl groups is 2. The fourth-order valence-corrected chi connectivity index (χ4v) is 2.81. The fraction of sp³-hybridized carbons (Fsp3) is 0.278. The van der Waals surface area contributed by atoms with Gasteiger partial charge in [-0.25, -0.2) is 0 Å². The highest BCUT2D eigenvalue weighted by Gasteiger charge is 2.26. The number of rotatable bonds is 4. The van der Waals surface area contributed by atoms with Gasteiger partial charge in [0.15, 0.2) is 11.5 Å². The molecule has 0 fully saturated rings. The van der Waals surface area contributed by atoms with Crippen LogP contribution in [0, 0.1) is 6.42 Å². The zero-order chi connectivity index (χ0) is 17.3. The number of ether oxygens (including phenoxy) is 4. The van der Waals surface area contributed by atoms with Gasteiger partial charge in [-0.2, -0.15) is 0 Å². The molecule has 1 heterocycles. The van der Waals surface area contributed by atoms with Crippen LogP contribution in [0.15, 0.2) is 24.3 Å². The Bertz CT molecular complexity index is 730. The van der Waals surface area contributed by atoms with Crippen LogP contribution in [-0.4, -0.2) is 31.5 Å². The van der Waals surface area contributed by atoms with Crippen LogP contribution >= 0.6 is 0 Å². The van der Waals surface area contributed by atoms with E-state index in [0.717, 1.165) is 5.56 Å². The zero-order valence-electron chi connectivity index (χ0n) is 13.7. The molecule has 24 heavy (non-hydrogen) atoms. The Morgan fingerprint density at radius 3 is 2.21 bits per heavy atom. The van der Waals surface area contributed by atoms with Gasteiger partial charge < -0.3 is 29.2 Å². The van der Waals surface area contributed by atoms with E-state index in [2.05, 4.69) is 0 Å². The summed E-state index contributed by atoms with van der Waals surface area (Å²) >= 11 is 0. The summed E-state index contributed by atoms with van der Waals surface area (Å²) in [4.78, 5) is 0. The monoisotopic (exact) mass is 331 g/mol. The van der Waals surface area contributed by atoms with Crippen molar-refractivity contribution in [2.24, 2.45) is 0 Å². The number of hydrogen-bond donors (Lipinski definition) is 2. The molecule has 6 heteroatoms. The predicted octanol–water partition coefficient (Wildman–Crippen LogP) is 3.00. The minimum atomic E-state index is -0.368. The SMILES string of the molecule is COc1cc(C2[CH]Cc3c(O)cc(O)cc3O2)cc(OC)c1OC. The van der Waals surface area contributed by atoms with Gasteiger partial charge in [-0.1, -0.05) is 0 Å². The molecule has 2 N–H and O–H groups in total. The molecule has 1 unspecified atom stereocenters. The zero-order valence-corrected chi connectivity index (χ0v) is 13.7. The number of benzene rings is 2. The van der Waals surface area contributed by atoms with Gasteiger partial charge in [0.25, 0.3) is 0 Å². The van der Waals surface area contributed by atoms with E-state index in [9.17, 15) is 10.2 Å². The van der Waals surface area contributed by atoms with Gasteiger partial charge in [0.1, 0.15) is 23.4 Å². The molecular weight excluding hydrogens is 312 g/mol. The van der Waals surface area contributed by atoms with E-state index >= 15 is 0 Å². The first-order valence-electron chi connectivity index (χ1n) is 7.42. The first-order valence-corrected chi connectivity index (χ1v) is 7.42. The van der Waals surface area contributed by atoms with Gasteiger partial charge in [0.05, 0.1) is 21.3 Å². The van der Waals surface area contributed by atoms with Crippen molar-refractivity contribution < 1.29 is 29.2 Å². The Hall–Kier alpha value is -2.76. The molecule has 2 aromatic rings. The average Bonchev–Trinajstić information content (AvgIpc) is 2.59. The summed E-state index contributed by atoms with van der Waals surface area (Å²) in [5, 5.41) is 19.6. The van der Waals surface area contributed by atoms with Crippen LogP contribution in [0.5, 0.6) is 34.5 Å². The molecule has 0 bridgehead atoms. The molecular formula is C18H19O6. The lowest BCUT2D eigenvalue weighted by atomic mass is 9.96. The van der Waals surface area contributed by atoms with Crippen LogP contribution in [0.1, 0.15) is 17.2 Å². The third-order valence-electron chi connectivity index (χ3n) is 3.98. The topological polar surface area (TPSA) is 77.4 Å². The summed E-state index contributed by atoms with van der Waals surface area (Å²) in [6.07, 6.45) is 2.08. The summed E-state index contributed by atoms with van der Waals surface area (Å²) in [5.41, 5.74) is 1.47. The van der Waals surface area contributed by atoms with Crippen molar-refractivity contribution in [1.82, 2.24) is 0 Å². The normalized spacial score (nSPS) is 16.0. The smallest absolute Gasteiger partial charge is 0.203 e. The molecule has 0 spiro atoms. The lowest BCUT2D eigenvalue weighted by Gasteiger charge is -2.27. The molecule has 0 aromatic heterocycles. The van der Waals surface area contributed by atoms with Gasteiger partial charge in [-0.3, -0.25) is 0 Å². The number of hydrogen-bond acceptors (Lipinski definition) is 6. The molecule has 2 aromatic carbocycles. The van der Waals surface area contributed by atoms with E-state index in [0.29, 0.717) is 35.0 Å². The number of phenols is 2. The maximum atomic E-state index is 9.91. The summed E-state index contributed by atoms with van der Waals surface area (Å²) in [6.45, 7) is 0. The van der Waals surface area contributed by atoms with Gasteiger partial charge in [-0.05, 0) is 18.6 Å². The lowest BCUT2D eigenvalue weighted by molar-refractivity contribution is 0.216. The second kappa shape index (κ2) is 6.39. The van der Waals surface area contributed by atoms with Crippen LogP contribution in [0.3, 0.4) is 0 Å². The number of fused-ring (bicyclic) bond motifs is 1. The van der Waals surface area contributed by atoms with Crippen molar-refractivity contribution in [3.05, 3.63) is 41.8 Å². The van der Waals surface area contributed by atoms with Gasteiger partial charge in [-0.15, -0.1) is 0 Å². The molecule has 1 aliphatic rings. The first kappa shape index (κ1) is 16.1. The second-order valence-corrected chi connectivity index (χ2v) is 5.38. The van der Waals surface area contributed by atoms with Crippen LogP contribution in [0.25, 0.3) is 0 Å². The Morgan fingerprint density at radius 1 is 0.958 bits per heavy atom. The van der Waals surface area contributed by atoms with E-state index in [1.807, 2.05) is 18.6 Å². The van der Waals surface area contributed by atoms with Crippen molar-refractivity contribution in [3.8, 4) is 34.5 Å². The first-order chi connectivity index (χ1) is 11.6. The molecule has 1 atom stereocenters. The van der Waals surface area contributed by atoms with E-state index in [1.54, 1.807) is 21.3 Å². The molecule has 3 rings (SSSR count). The third-order valence-corrected chi connectivity index (χ3v) is 3.98. The van der Waals surface area contributed by atoms with E-state index in [4.69, 9.17) is 18.9 Å². The highest BCUT2D eigenvalue weighted by molar-refractivity contribution is 5.56. The molecule has 0 saturated heterocycles. The Labute approximate surface area is 140 Å². The minimum absolute atomic E-state index is 0.0181. The second-order valence-electron chi connectivity index (χ2n) is 5.38. The third kappa shape index (κ3) is 2.75. The van der Waals surface area contributed by atoms with Crippen LogP contribution in [0.4, 0.5) is 0 Å². The van der Waals surface area contributed by atoms with Crippen molar-refractivity contribution in [2.45, 2.75) is 12.5 Å². The lowest BCUT2D eigenvalue weighted by Crippen LogP contribution is -2.16. The van der Waals surface area contributed by atoms with Gasteiger partial charge in [0.2, 0.25) is 5.75 Å². The summed E-state index contributed by atoms with van der Waals surface area (Å²) in [6, 6.07) is 6.43. The largest absolute Gasteiger partial charge is 0.508 e. The standard InChI is InChI=1S/C18H19O6/c1-21-16-6-10(7-17(22-2)18(16)23-3)14-5-4-12-13(20)8-11(19)9-15(12)24-14/h5-9,14,19-20H,4H2,1-3H3. The van der Waals surface area contributed by atoms with E-state index in [1.165, 1.54) is 12.1 Å². The highest BCUT2D eigenvalue weighted by Crippen LogP contribution is 2.45. The average molecular weight is 331 g/mol. The predicted molar refractivity (Wildman–Crippen MR) is 87.2 cm³/mol. The van der Waals surface area contributed by atoms with E-state index in [-0.39, 0.29) is 17.6 Å². The Balaban J connectivity index is 1.98. The molecule has 6 nitrogen and oxygen atoms in total.